The van der Waals surface area contributed by atoms with Gasteiger partial charge < -0.3 is 18.9 Å². The van der Waals surface area contributed by atoms with E-state index in [-0.39, 0.29) is 25.8 Å². The zero-order valence-corrected chi connectivity index (χ0v) is 42.9. The Labute approximate surface area is 395 Å². The lowest BCUT2D eigenvalue weighted by Gasteiger charge is -2.24. The number of ether oxygens (including phenoxy) is 2. The minimum atomic E-state index is -4.29. The average Bonchev–Trinajstić information content (AvgIpc) is 3.25. The molecule has 1 N–H and O–H groups in total. The van der Waals surface area contributed by atoms with Gasteiger partial charge in [0.15, 0.2) is 0 Å². The van der Waals surface area contributed by atoms with Crippen molar-refractivity contribution in [3.05, 3.63) is 85.1 Å². The lowest BCUT2D eigenvalue weighted by molar-refractivity contribution is -0.870. The lowest BCUT2D eigenvalue weighted by Crippen LogP contribution is -2.37. The van der Waals surface area contributed by atoms with Crippen LogP contribution in [0.1, 0.15) is 200 Å². The second-order valence-corrected chi connectivity index (χ2v) is 19.6. The number of hydrogen-bond acceptors (Lipinski definition) is 6. The summed E-state index contributed by atoms with van der Waals surface area (Å²) in [7, 11) is 1.65. The highest BCUT2D eigenvalue weighted by Crippen LogP contribution is 2.43. The molecule has 370 valence electrons. The molecule has 0 aromatic heterocycles. The molecule has 0 rings (SSSR count). The molecule has 2 unspecified atom stereocenters. The molecule has 8 nitrogen and oxygen atoms in total. The van der Waals surface area contributed by atoms with Crippen molar-refractivity contribution in [2.75, 3.05) is 54.1 Å². The molecule has 0 fully saturated rings. The first kappa shape index (κ1) is 61.7. The van der Waals surface area contributed by atoms with Crippen molar-refractivity contribution < 1.29 is 37.3 Å². The summed E-state index contributed by atoms with van der Waals surface area (Å²) in [6, 6.07) is 0. The van der Waals surface area contributed by atoms with E-state index in [1.54, 1.807) is 0 Å². The highest BCUT2D eigenvalue weighted by atomic mass is 31.2. The van der Waals surface area contributed by atoms with Crippen molar-refractivity contribution in [2.45, 2.75) is 206 Å². The molecule has 9 heteroatoms. The first-order valence-electron chi connectivity index (χ1n) is 25.8. The van der Waals surface area contributed by atoms with Crippen LogP contribution in [-0.2, 0) is 27.9 Å². The van der Waals surface area contributed by atoms with E-state index in [9.17, 15) is 14.3 Å². The van der Waals surface area contributed by atoms with E-state index in [2.05, 4.69) is 98.9 Å². The number of carbonyl (C=O) groups is 1. The first-order valence-corrected chi connectivity index (χ1v) is 27.3. The fraction of sp³-hybridized carbons (Fsp3) is 0.727. The van der Waals surface area contributed by atoms with E-state index in [1.807, 2.05) is 21.1 Å². The van der Waals surface area contributed by atoms with Crippen LogP contribution in [0.3, 0.4) is 0 Å². The predicted molar refractivity (Wildman–Crippen MR) is 275 cm³/mol. The van der Waals surface area contributed by atoms with Crippen LogP contribution in [-0.4, -0.2) is 75.6 Å². The van der Waals surface area contributed by atoms with Crippen LogP contribution in [0, 0.1) is 0 Å². The molecule has 0 spiro atoms. The van der Waals surface area contributed by atoms with Gasteiger partial charge in [-0.15, -0.1) is 0 Å². The van der Waals surface area contributed by atoms with Crippen molar-refractivity contribution in [3.8, 4) is 0 Å². The van der Waals surface area contributed by atoms with Gasteiger partial charge >= 0.3 is 13.8 Å². The number of quaternary nitrogens is 1. The third-order valence-corrected chi connectivity index (χ3v) is 11.7. The maximum Gasteiger partial charge on any atom is 0.472 e. The summed E-state index contributed by atoms with van der Waals surface area (Å²) in [5.41, 5.74) is 0. The van der Waals surface area contributed by atoms with E-state index < -0.39 is 13.9 Å². The Morgan fingerprint density at radius 3 is 1.36 bits per heavy atom. The summed E-state index contributed by atoms with van der Waals surface area (Å²) in [4.78, 5) is 23.0. The molecule has 0 aliphatic heterocycles. The largest absolute Gasteiger partial charge is 0.472 e. The zero-order chi connectivity index (χ0) is 46.9. The molecule has 0 aliphatic carbocycles. The minimum absolute atomic E-state index is 0.0809. The molecule has 0 amide bonds. The van der Waals surface area contributed by atoms with E-state index in [1.165, 1.54) is 96.3 Å². The maximum absolute atomic E-state index is 12.8. The lowest BCUT2D eigenvalue weighted by atomic mass is 10.1. The summed E-state index contributed by atoms with van der Waals surface area (Å²) in [5.74, 6) is -0.327. The van der Waals surface area contributed by atoms with Gasteiger partial charge in [0.2, 0.25) is 0 Å². The molecule has 0 aromatic rings. The number of allylic oxidation sites excluding steroid dienone is 14. The standard InChI is InChI=1S/C55H98NO7P/c1-6-8-10-12-14-16-18-20-22-24-26-27-28-29-30-31-33-35-37-39-41-43-45-47-50-60-52-54(53-62-64(58,59)61-51-49-56(3,4)5)63-55(57)48-46-44-42-40-38-36-34-32-25-23-21-19-17-15-13-11-9-7-2/h8,10,14,16-17,19-20,22-23,25-27,29-30,54H,6-7,9,11-13,15,18,21,24,28,31-53H2,1-5H3/p+1/b10-8-,16-14-,19-17-,22-20-,25-23-,27-26-,30-29-. The third-order valence-electron chi connectivity index (χ3n) is 10.7. The van der Waals surface area contributed by atoms with Crippen molar-refractivity contribution in [1.82, 2.24) is 0 Å². The number of nitrogens with zero attached hydrogens (tertiary/aromatic N) is 1. The molecule has 0 aromatic carbocycles. The summed E-state index contributed by atoms with van der Waals surface area (Å²) in [6.07, 6.45) is 63.4. The predicted octanol–water partition coefficient (Wildman–Crippen LogP) is 16.0. The molecule has 0 saturated carbocycles. The van der Waals surface area contributed by atoms with Crippen LogP contribution in [0.25, 0.3) is 0 Å². The van der Waals surface area contributed by atoms with E-state index in [0.29, 0.717) is 24.1 Å². The third kappa shape index (κ3) is 50.7. The van der Waals surface area contributed by atoms with Crippen LogP contribution in [0.15, 0.2) is 85.1 Å². The Bertz CT molecular complexity index is 1300. The quantitative estimate of drug-likeness (QED) is 0.0214. The Morgan fingerprint density at radius 2 is 0.906 bits per heavy atom. The number of esters is 1. The number of phosphoric acid groups is 1. The summed E-state index contributed by atoms with van der Waals surface area (Å²) < 4.78 is 35.1. The molecule has 0 bridgehead atoms. The van der Waals surface area contributed by atoms with Gasteiger partial charge in [-0.25, -0.2) is 4.57 Å². The van der Waals surface area contributed by atoms with Crippen LogP contribution in [0.5, 0.6) is 0 Å². The van der Waals surface area contributed by atoms with Gasteiger partial charge in [0.1, 0.15) is 19.3 Å². The van der Waals surface area contributed by atoms with Gasteiger partial charge in [-0.3, -0.25) is 13.8 Å². The van der Waals surface area contributed by atoms with Gasteiger partial charge in [-0.1, -0.05) is 189 Å². The Balaban J connectivity index is 4.19. The van der Waals surface area contributed by atoms with Gasteiger partial charge in [0.05, 0.1) is 34.4 Å². The SMILES string of the molecule is CC/C=C\C/C=C\C/C=C\C/C=C\C/C=C\CCCCCCCCCCOCC(COP(=O)(O)OCC[N+](C)(C)C)OC(=O)CCCCCCCCC/C=C\C/C=C\CCCCCC. The normalized spacial score (nSPS) is 14.3. The Morgan fingerprint density at radius 1 is 0.500 bits per heavy atom. The highest BCUT2D eigenvalue weighted by Gasteiger charge is 2.26. The molecule has 0 heterocycles. The van der Waals surface area contributed by atoms with Gasteiger partial charge in [-0.2, -0.15) is 0 Å². The zero-order valence-electron chi connectivity index (χ0n) is 42.0. The molecule has 0 radical (unpaired) electrons. The van der Waals surface area contributed by atoms with Gasteiger partial charge in [0.25, 0.3) is 0 Å². The van der Waals surface area contributed by atoms with E-state index in [4.69, 9.17) is 18.5 Å². The topological polar surface area (TPSA) is 91.3 Å². The summed E-state index contributed by atoms with van der Waals surface area (Å²) >= 11 is 0. The maximum atomic E-state index is 12.8. The van der Waals surface area contributed by atoms with Crippen LogP contribution < -0.4 is 0 Å². The number of likely N-dealkylation sites (N-methyl/N-ethyl adjacent to an activating group) is 1. The molecular weight excluding hydrogens is 818 g/mol. The summed E-state index contributed by atoms with van der Waals surface area (Å²) in [5, 5.41) is 0. The number of rotatable bonds is 47. The van der Waals surface area contributed by atoms with Crippen molar-refractivity contribution in [3.63, 3.8) is 0 Å². The Kier molecular flexibility index (Phi) is 45.5. The molecule has 0 aliphatic rings. The van der Waals surface area contributed by atoms with Crippen molar-refractivity contribution in [1.29, 1.82) is 0 Å². The van der Waals surface area contributed by atoms with Crippen molar-refractivity contribution in [2.24, 2.45) is 0 Å². The number of hydrogen-bond donors (Lipinski definition) is 1. The fourth-order valence-corrected chi connectivity index (χ4v) is 7.47. The van der Waals surface area contributed by atoms with Crippen LogP contribution >= 0.6 is 7.82 Å². The Hall–Kier alpha value is -2.32. The fourth-order valence-electron chi connectivity index (χ4n) is 6.73. The number of carbonyl (C=O) groups excluding carboxylic acids is 1. The smallest absolute Gasteiger partial charge is 0.457 e. The second-order valence-electron chi connectivity index (χ2n) is 18.2. The molecular formula is C55H99NO7P+. The second kappa shape index (κ2) is 47.2. The highest BCUT2D eigenvalue weighted by molar-refractivity contribution is 7.47. The average molecular weight is 917 g/mol. The van der Waals surface area contributed by atoms with Gasteiger partial charge in [0, 0.05) is 13.0 Å². The monoisotopic (exact) mass is 917 g/mol. The van der Waals surface area contributed by atoms with E-state index >= 15 is 0 Å². The molecule has 0 saturated heterocycles. The first-order chi connectivity index (χ1) is 31.1. The van der Waals surface area contributed by atoms with Crippen LogP contribution in [0.4, 0.5) is 0 Å². The number of unbranched alkanes of at least 4 members (excludes halogenated alkanes) is 19. The minimum Gasteiger partial charge on any atom is -0.457 e. The summed E-state index contributed by atoms with van der Waals surface area (Å²) in [6.45, 7) is 5.46. The number of phosphoric ester groups is 1. The van der Waals surface area contributed by atoms with E-state index in [0.717, 1.165) is 83.5 Å². The van der Waals surface area contributed by atoms with Gasteiger partial charge in [-0.05, 0) is 89.9 Å². The molecule has 2 atom stereocenters. The molecule has 64 heavy (non-hydrogen) atoms. The van der Waals surface area contributed by atoms with Crippen LogP contribution in [0.2, 0.25) is 0 Å². The van der Waals surface area contributed by atoms with Crippen molar-refractivity contribution >= 4 is 13.8 Å².